The molecule has 4 rings (SSSR count). The smallest absolute Gasteiger partial charge is 0.462 e. The number of carbonyl (C=O) groups excluding carboxylic acids is 2. The summed E-state index contributed by atoms with van der Waals surface area (Å²) in [5, 5.41) is 0. The Bertz CT molecular complexity index is 1340. The largest absolute Gasteiger partial charge is 0.673 e. The van der Waals surface area contributed by atoms with Crippen LogP contribution in [0.4, 0.5) is 17.3 Å². The van der Waals surface area contributed by atoms with Crippen molar-refractivity contribution < 1.29 is 40.9 Å². The van der Waals surface area contributed by atoms with Crippen LogP contribution in [0.3, 0.4) is 0 Å². The van der Waals surface area contributed by atoms with Crippen LogP contribution in [0.25, 0.3) is 33.6 Å². The molecule has 10 heteroatoms. The van der Waals surface area contributed by atoms with Gasteiger partial charge in [0.25, 0.3) is 0 Å². The van der Waals surface area contributed by atoms with Crippen molar-refractivity contribution in [1.29, 1.82) is 0 Å². The van der Waals surface area contributed by atoms with E-state index >= 15 is 0 Å². The fraction of sp³-hybridized carbons (Fsp3) is 0.167. The molecule has 0 spiro atoms. The molecule has 0 N–H and O–H groups in total. The molecular formula is C30H28BF4NO4. The third-order valence-electron chi connectivity index (χ3n) is 5.60. The molecule has 0 saturated carbocycles. The van der Waals surface area contributed by atoms with Gasteiger partial charge in [-0.05, 0) is 35.4 Å². The van der Waals surface area contributed by atoms with Crippen LogP contribution in [-0.2, 0) is 25.6 Å². The van der Waals surface area contributed by atoms with Crippen molar-refractivity contribution >= 4 is 19.2 Å². The van der Waals surface area contributed by atoms with Crippen molar-refractivity contribution in [3.63, 3.8) is 0 Å². The average Bonchev–Trinajstić information content (AvgIpc) is 2.92. The Labute approximate surface area is 230 Å². The minimum Gasteiger partial charge on any atom is -0.462 e. The lowest BCUT2D eigenvalue weighted by atomic mass is 9.99. The van der Waals surface area contributed by atoms with Gasteiger partial charge in [-0.2, -0.15) is 4.57 Å². The molecule has 40 heavy (non-hydrogen) atoms. The maximum absolute atomic E-state index is 11.9. The molecule has 1 atom stereocenters. The zero-order chi connectivity index (χ0) is 29.1. The van der Waals surface area contributed by atoms with Crippen molar-refractivity contribution in [1.82, 2.24) is 0 Å². The highest BCUT2D eigenvalue weighted by atomic mass is 19.5. The monoisotopic (exact) mass is 553 g/mol. The summed E-state index contributed by atoms with van der Waals surface area (Å²) in [5.74, 6) is -0.843. The van der Waals surface area contributed by atoms with E-state index in [9.17, 15) is 26.9 Å². The highest BCUT2D eigenvalue weighted by Crippen LogP contribution is 2.29. The molecule has 3 aromatic carbocycles. The summed E-state index contributed by atoms with van der Waals surface area (Å²) in [4.78, 5) is 23.4. The molecule has 208 valence electrons. The van der Waals surface area contributed by atoms with E-state index in [1.54, 1.807) is 0 Å². The van der Waals surface area contributed by atoms with E-state index in [-0.39, 0.29) is 6.61 Å². The number of ether oxygens (including phenoxy) is 2. The van der Waals surface area contributed by atoms with Crippen LogP contribution < -0.4 is 4.57 Å². The second-order valence-corrected chi connectivity index (χ2v) is 8.75. The van der Waals surface area contributed by atoms with Gasteiger partial charge in [-0.25, -0.2) is 0 Å². The van der Waals surface area contributed by atoms with Crippen LogP contribution >= 0.6 is 0 Å². The molecule has 0 aliphatic heterocycles. The maximum atomic E-state index is 11.9. The van der Waals surface area contributed by atoms with Gasteiger partial charge in [0, 0.05) is 37.1 Å². The van der Waals surface area contributed by atoms with Gasteiger partial charge in [-0.15, -0.1) is 0 Å². The highest BCUT2D eigenvalue weighted by molar-refractivity contribution is 6.50. The number of hydrogen-bond acceptors (Lipinski definition) is 4. The first kappa shape index (κ1) is 30.1. The third-order valence-corrected chi connectivity index (χ3v) is 5.60. The molecule has 5 nitrogen and oxygen atoms in total. The number of esters is 2. The van der Waals surface area contributed by atoms with Crippen LogP contribution in [0.15, 0.2) is 103 Å². The van der Waals surface area contributed by atoms with Crippen molar-refractivity contribution in [2.45, 2.75) is 26.5 Å². The summed E-state index contributed by atoms with van der Waals surface area (Å²) in [6.07, 6.45) is -0.645. The van der Waals surface area contributed by atoms with Gasteiger partial charge in [0.15, 0.2) is 12.6 Å². The number of nitrogens with zero attached hydrogens (tertiary/aromatic N) is 1. The molecule has 0 radical (unpaired) electrons. The Morgan fingerprint density at radius 1 is 0.675 bits per heavy atom. The van der Waals surface area contributed by atoms with Crippen molar-refractivity contribution in [3.05, 3.63) is 103 Å². The van der Waals surface area contributed by atoms with Crippen molar-refractivity contribution in [2.24, 2.45) is 0 Å². The lowest BCUT2D eigenvalue weighted by Crippen LogP contribution is -2.46. The minimum absolute atomic E-state index is 0.0230. The molecule has 0 bridgehead atoms. The van der Waals surface area contributed by atoms with E-state index in [4.69, 9.17) is 9.47 Å². The van der Waals surface area contributed by atoms with Crippen molar-refractivity contribution in [2.75, 3.05) is 6.61 Å². The van der Waals surface area contributed by atoms with Gasteiger partial charge in [0.05, 0.1) is 0 Å². The minimum atomic E-state index is -6.00. The maximum Gasteiger partial charge on any atom is 0.673 e. The van der Waals surface area contributed by atoms with E-state index in [1.807, 2.05) is 54.6 Å². The van der Waals surface area contributed by atoms with Gasteiger partial charge in [-0.1, -0.05) is 66.7 Å². The number of aromatic nitrogens is 1. The van der Waals surface area contributed by atoms with Crippen LogP contribution in [0.1, 0.15) is 13.8 Å². The summed E-state index contributed by atoms with van der Waals surface area (Å²) >= 11 is 0. The van der Waals surface area contributed by atoms with Gasteiger partial charge in [-0.3, -0.25) is 9.59 Å². The number of carbonyl (C=O) groups is 2. The average molecular weight is 553 g/mol. The molecular weight excluding hydrogens is 525 g/mol. The zero-order valence-corrected chi connectivity index (χ0v) is 22.0. The van der Waals surface area contributed by atoms with E-state index in [0.29, 0.717) is 6.54 Å². The number of benzene rings is 3. The lowest BCUT2D eigenvalue weighted by molar-refractivity contribution is -0.682. The summed E-state index contributed by atoms with van der Waals surface area (Å²) < 4.78 is 51.9. The second-order valence-electron chi connectivity index (χ2n) is 8.75. The predicted molar refractivity (Wildman–Crippen MR) is 145 cm³/mol. The van der Waals surface area contributed by atoms with E-state index in [2.05, 4.69) is 53.1 Å². The summed E-state index contributed by atoms with van der Waals surface area (Å²) in [5.41, 5.74) is 6.15. The number of pyridine rings is 1. The molecule has 4 aromatic rings. The van der Waals surface area contributed by atoms with E-state index in [0.717, 1.165) is 33.6 Å². The number of hydrogen-bond donors (Lipinski definition) is 0. The highest BCUT2D eigenvalue weighted by Gasteiger charge is 2.28. The Balaban J connectivity index is 0.000000810. The summed E-state index contributed by atoms with van der Waals surface area (Å²) in [7, 11) is -6.00. The fourth-order valence-electron chi connectivity index (χ4n) is 4.08. The molecule has 0 aliphatic rings. The number of halogens is 4. The van der Waals surface area contributed by atoms with Crippen LogP contribution in [-0.4, -0.2) is 31.9 Å². The van der Waals surface area contributed by atoms with E-state index in [1.165, 1.54) is 13.8 Å². The normalized spacial score (nSPS) is 11.6. The van der Waals surface area contributed by atoms with Crippen LogP contribution in [0, 0.1) is 0 Å². The molecule has 1 unspecified atom stereocenters. The first-order valence-corrected chi connectivity index (χ1v) is 12.4. The lowest BCUT2D eigenvalue weighted by Gasteiger charge is -2.18. The van der Waals surface area contributed by atoms with Gasteiger partial charge >= 0.3 is 19.2 Å². The van der Waals surface area contributed by atoms with E-state index < -0.39 is 25.3 Å². The number of rotatable bonds is 8. The Hall–Kier alpha value is -4.47. The van der Waals surface area contributed by atoms with Gasteiger partial charge in [0.2, 0.25) is 11.4 Å². The molecule has 0 fully saturated rings. The molecule has 0 saturated heterocycles. The van der Waals surface area contributed by atoms with Crippen LogP contribution in [0.2, 0.25) is 0 Å². The Kier molecular flexibility index (Phi) is 10.6. The van der Waals surface area contributed by atoms with Gasteiger partial charge in [0.1, 0.15) is 6.61 Å². The van der Waals surface area contributed by atoms with Gasteiger partial charge < -0.3 is 26.7 Å². The first-order valence-electron chi connectivity index (χ1n) is 12.4. The SMILES string of the molecule is CC(=O)OCC(C[n+]1c(-c2ccccc2)cc(-c2ccccc2)cc1-c1ccccc1)OC(C)=O.F[B-](F)(F)F. The van der Waals surface area contributed by atoms with Crippen molar-refractivity contribution in [3.8, 4) is 33.6 Å². The molecule has 1 aromatic heterocycles. The predicted octanol–water partition coefficient (Wildman–Crippen LogP) is 6.77. The second kappa shape index (κ2) is 14.1. The zero-order valence-electron chi connectivity index (χ0n) is 22.0. The third kappa shape index (κ3) is 9.69. The Morgan fingerprint density at radius 3 is 1.45 bits per heavy atom. The Morgan fingerprint density at radius 2 is 1.07 bits per heavy atom. The quantitative estimate of drug-likeness (QED) is 0.105. The van der Waals surface area contributed by atoms with Crippen LogP contribution in [0.5, 0.6) is 0 Å². The fourth-order valence-corrected chi connectivity index (χ4v) is 4.08. The first-order chi connectivity index (χ1) is 19.0. The topological polar surface area (TPSA) is 56.5 Å². The standard InChI is InChI=1S/C30H28NO4.BF4/c1-22(32)34-21-28(35-23(2)33)20-31-29(25-14-8-4-9-15-25)18-27(24-12-6-3-7-13-24)19-30(31)26-16-10-5-11-17-26;2-1(3,4)5/h3-19,28H,20-21H2,1-2H3;/q+1;-1. The summed E-state index contributed by atoms with van der Waals surface area (Å²) in [6, 6.07) is 34.7. The molecule has 0 amide bonds. The molecule has 1 heterocycles. The molecule has 0 aliphatic carbocycles. The summed E-state index contributed by atoms with van der Waals surface area (Å²) in [6.45, 7) is 3.00.